The summed E-state index contributed by atoms with van der Waals surface area (Å²) in [5, 5.41) is 2.82. The van der Waals surface area contributed by atoms with Crippen molar-refractivity contribution in [2.75, 3.05) is 23.3 Å². The Hall–Kier alpha value is -3.30. The van der Waals surface area contributed by atoms with E-state index in [1.807, 2.05) is 0 Å². The van der Waals surface area contributed by atoms with Gasteiger partial charge in [-0.05, 0) is 73.0 Å². The van der Waals surface area contributed by atoms with Crippen LogP contribution in [0.1, 0.15) is 18.4 Å². The fraction of sp³-hybridized carbons (Fsp3) is 0.208. The molecule has 172 valence electrons. The maximum atomic E-state index is 13.9. The molecular formula is C24H22F2N2O4S. The van der Waals surface area contributed by atoms with Crippen LogP contribution in [0.3, 0.4) is 0 Å². The molecule has 3 aromatic rings. The highest BCUT2D eigenvalue weighted by Crippen LogP contribution is 2.36. The van der Waals surface area contributed by atoms with Gasteiger partial charge in [-0.1, -0.05) is 18.2 Å². The predicted molar refractivity (Wildman–Crippen MR) is 120 cm³/mol. The standard InChI is InChI=1S/C24H22F2N2O4S/c25-18-4-1-3-17(15-18)24(11-13-32-14-12-24)23(29)27-20-7-9-22(10-8-20)33(30,31)28-21-6-2-5-19(26)16-21/h1-10,15-16,28H,11-14H2,(H,27,29). The molecule has 0 saturated carbocycles. The third-order valence-electron chi connectivity index (χ3n) is 5.66. The average molecular weight is 473 g/mol. The molecule has 0 bridgehead atoms. The second-order valence-corrected chi connectivity index (χ2v) is 9.48. The van der Waals surface area contributed by atoms with Crippen LogP contribution in [0.2, 0.25) is 0 Å². The summed E-state index contributed by atoms with van der Waals surface area (Å²) in [6.07, 6.45) is 0.790. The Morgan fingerprint density at radius 1 is 0.848 bits per heavy atom. The molecule has 3 aromatic carbocycles. The number of halogens is 2. The first-order chi connectivity index (χ1) is 15.8. The summed E-state index contributed by atoms with van der Waals surface area (Å²) in [4.78, 5) is 13.3. The van der Waals surface area contributed by atoms with Crippen molar-refractivity contribution < 1.29 is 26.7 Å². The van der Waals surface area contributed by atoms with Crippen LogP contribution in [0, 0.1) is 11.6 Å². The van der Waals surface area contributed by atoms with Crippen molar-refractivity contribution in [2.24, 2.45) is 0 Å². The van der Waals surface area contributed by atoms with Crippen molar-refractivity contribution in [1.29, 1.82) is 0 Å². The minimum atomic E-state index is -3.94. The first-order valence-electron chi connectivity index (χ1n) is 10.3. The molecule has 9 heteroatoms. The topological polar surface area (TPSA) is 84.5 Å². The maximum absolute atomic E-state index is 13.9. The van der Waals surface area contributed by atoms with Crippen LogP contribution < -0.4 is 10.0 Å². The number of hydrogen-bond donors (Lipinski definition) is 2. The molecular weight excluding hydrogens is 450 g/mol. The van der Waals surface area contributed by atoms with E-state index in [1.54, 1.807) is 12.1 Å². The van der Waals surface area contributed by atoms with Gasteiger partial charge in [0.25, 0.3) is 10.0 Å². The van der Waals surface area contributed by atoms with Gasteiger partial charge in [0.2, 0.25) is 5.91 Å². The van der Waals surface area contributed by atoms with Crippen molar-refractivity contribution in [1.82, 2.24) is 0 Å². The summed E-state index contributed by atoms with van der Waals surface area (Å²) in [5.41, 5.74) is 0.113. The summed E-state index contributed by atoms with van der Waals surface area (Å²) in [6, 6.07) is 16.7. The normalized spacial score (nSPS) is 15.6. The van der Waals surface area contributed by atoms with Crippen LogP contribution >= 0.6 is 0 Å². The van der Waals surface area contributed by atoms with Crippen LogP contribution in [0.15, 0.2) is 77.7 Å². The van der Waals surface area contributed by atoms with Crippen molar-refractivity contribution in [3.63, 3.8) is 0 Å². The van der Waals surface area contributed by atoms with Crippen LogP contribution in [0.25, 0.3) is 0 Å². The minimum absolute atomic E-state index is 0.0457. The highest BCUT2D eigenvalue weighted by molar-refractivity contribution is 7.92. The van der Waals surface area contributed by atoms with Gasteiger partial charge in [-0.25, -0.2) is 17.2 Å². The van der Waals surface area contributed by atoms with E-state index >= 15 is 0 Å². The summed E-state index contributed by atoms with van der Waals surface area (Å²) in [7, 11) is -3.94. The van der Waals surface area contributed by atoms with E-state index in [9.17, 15) is 22.0 Å². The van der Waals surface area contributed by atoms with Crippen molar-refractivity contribution in [3.05, 3.63) is 90.0 Å². The molecule has 0 unspecified atom stereocenters. The van der Waals surface area contributed by atoms with Crippen molar-refractivity contribution in [3.8, 4) is 0 Å². The van der Waals surface area contributed by atoms with Crippen molar-refractivity contribution in [2.45, 2.75) is 23.2 Å². The largest absolute Gasteiger partial charge is 0.381 e. The maximum Gasteiger partial charge on any atom is 0.261 e. The minimum Gasteiger partial charge on any atom is -0.381 e. The van der Waals surface area contributed by atoms with Gasteiger partial charge >= 0.3 is 0 Å². The average Bonchev–Trinajstić information content (AvgIpc) is 2.79. The number of amides is 1. The van der Waals surface area contributed by atoms with E-state index in [0.717, 1.165) is 6.07 Å². The molecule has 1 aliphatic heterocycles. The zero-order chi connectivity index (χ0) is 23.5. The van der Waals surface area contributed by atoms with Gasteiger partial charge in [0.15, 0.2) is 0 Å². The van der Waals surface area contributed by atoms with Gasteiger partial charge in [0.05, 0.1) is 16.0 Å². The van der Waals surface area contributed by atoms with E-state index in [-0.39, 0.29) is 16.5 Å². The Kier molecular flexibility index (Phi) is 6.44. The lowest BCUT2D eigenvalue weighted by Gasteiger charge is -2.36. The molecule has 6 nitrogen and oxygen atoms in total. The lowest BCUT2D eigenvalue weighted by atomic mass is 9.73. The Morgan fingerprint density at radius 3 is 2.12 bits per heavy atom. The van der Waals surface area contributed by atoms with E-state index in [2.05, 4.69) is 10.0 Å². The quantitative estimate of drug-likeness (QED) is 0.555. The molecule has 0 spiro atoms. The van der Waals surface area contributed by atoms with Gasteiger partial charge in [-0.15, -0.1) is 0 Å². The smallest absolute Gasteiger partial charge is 0.261 e. The predicted octanol–water partition coefficient (Wildman–Crippen LogP) is 4.45. The number of hydrogen-bond acceptors (Lipinski definition) is 4. The Bertz CT molecular complexity index is 1260. The number of nitrogens with one attached hydrogen (secondary N) is 2. The van der Waals surface area contributed by atoms with Crippen LogP contribution in [-0.2, 0) is 25.0 Å². The van der Waals surface area contributed by atoms with Gasteiger partial charge < -0.3 is 10.1 Å². The summed E-state index contributed by atoms with van der Waals surface area (Å²) in [6.45, 7) is 0.736. The molecule has 0 atom stereocenters. The summed E-state index contributed by atoms with van der Waals surface area (Å²) < 4.78 is 60.1. The van der Waals surface area contributed by atoms with Gasteiger partial charge in [-0.2, -0.15) is 0 Å². The highest BCUT2D eigenvalue weighted by Gasteiger charge is 2.42. The number of carbonyl (C=O) groups excluding carboxylic acids is 1. The number of benzene rings is 3. The second-order valence-electron chi connectivity index (χ2n) is 7.80. The number of sulfonamides is 1. The molecule has 1 amide bonds. The molecule has 0 radical (unpaired) electrons. The van der Waals surface area contributed by atoms with E-state index in [1.165, 1.54) is 54.6 Å². The Morgan fingerprint density at radius 2 is 1.48 bits per heavy atom. The molecule has 33 heavy (non-hydrogen) atoms. The number of anilines is 2. The fourth-order valence-electron chi connectivity index (χ4n) is 3.89. The molecule has 0 aromatic heterocycles. The highest BCUT2D eigenvalue weighted by atomic mass is 32.2. The Balaban J connectivity index is 1.53. The monoisotopic (exact) mass is 472 g/mol. The van der Waals surface area contributed by atoms with E-state index in [4.69, 9.17) is 4.74 Å². The third kappa shape index (κ3) is 5.04. The molecule has 2 N–H and O–H groups in total. The second kappa shape index (κ2) is 9.29. The Labute approximate surface area is 190 Å². The summed E-state index contributed by atoms with van der Waals surface area (Å²) in [5.74, 6) is -1.30. The van der Waals surface area contributed by atoms with Crippen LogP contribution in [0.5, 0.6) is 0 Å². The van der Waals surface area contributed by atoms with Crippen LogP contribution in [0.4, 0.5) is 20.2 Å². The number of ether oxygens (including phenoxy) is 1. The van der Waals surface area contributed by atoms with E-state index in [0.29, 0.717) is 37.3 Å². The SMILES string of the molecule is O=C(Nc1ccc(S(=O)(=O)Nc2cccc(F)c2)cc1)C1(c2cccc(F)c2)CCOCC1. The van der Waals surface area contributed by atoms with E-state index < -0.39 is 27.1 Å². The molecule has 1 saturated heterocycles. The first kappa shape index (κ1) is 22.9. The molecule has 1 fully saturated rings. The zero-order valence-electron chi connectivity index (χ0n) is 17.6. The molecule has 0 aliphatic carbocycles. The number of carbonyl (C=O) groups is 1. The molecule has 1 heterocycles. The fourth-order valence-corrected chi connectivity index (χ4v) is 4.94. The van der Waals surface area contributed by atoms with Gasteiger partial charge in [0, 0.05) is 18.9 Å². The van der Waals surface area contributed by atoms with Crippen molar-refractivity contribution >= 4 is 27.3 Å². The lowest BCUT2D eigenvalue weighted by molar-refractivity contribution is -0.125. The molecule has 4 rings (SSSR count). The number of rotatable bonds is 6. The van der Waals surface area contributed by atoms with Gasteiger partial charge in [-0.3, -0.25) is 9.52 Å². The first-order valence-corrected chi connectivity index (χ1v) is 11.8. The lowest BCUT2D eigenvalue weighted by Crippen LogP contribution is -2.44. The summed E-state index contributed by atoms with van der Waals surface area (Å²) >= 11 is 0. The third-order valence-corrected chi connectivity index (χ3v) is 7.05. The van der Waals surface area contributed by atoms with Crippen LogP contribution in [-0.4, -0.2) is 27.5 Å². The molecule has 1 aliphatic rings. The zero-order valence-corrected chi connectivity index (χ0v) is 18.4. The van der Waals surface area contributed by atoms with Gasteiger partial charge in [0.1, 0.15) is 11.6 Å².